The molecule has 0 fully saturated rings. The lowest BCUT2D eigenvalue weighted by Gasteiger charge is -2.32. The lowest BCUT2D eigenvalue weighted by molar-refractivity contribution is -0.144. The third-order valence-corrected chi connectivity index (χ3v) is 3.11. The van der Waals surface area contributed by atoms with E-state index in [1.165, 1.54) is 0 Å². The summed E-state index contributed by atoms with van der Waals surface area (Å²) in [6.45, 7) is 5.40. The Morgan fingerprint density at radius 3 is 2.06 bits per heavy atom. The number of alkyl halides is 3. The predicted octanol–water partition coefficient (Wildman–Crippen LogP) is 5.42. The number of hydrogen-bond donors (Lipinski definition) is 0. The van der Waals surface area contributed by atoms with E-state index >= 15 is 0 Å². The maximum Gasteiger partial charge on any atom is 0.389 e. The molecule has 0 aliphatic heterocycles. The molecule has 0 heterocycles. The maximum atomic E-state index is 12.6. The molecule has 1 atom stereocenters. The van der Waals surface area contributed by atoms with Gasteiger partial charge in [0, 0.05) is 5.02 Å². The van der Waals surface area contributed by atoms with Crippen molar-refractivity contribution in [3.8, 4) is 0 Å². The average Bonchev–Trinajstić information content (AvgIpc) is 2.12. The van der Waals surface area contributed by atoms with Gasteiger partial charge in [-0.1, -0.05) is 50.6 Å². The van der Waals surface area contributed by atoms with Gasteiger partial charge >= 0.3 is 6.18 Å². The molecule has 1 aromatic rings. The molecule has 0 aliphatic rings. The normalized spacial score (nSPS) is 14.8. The molecule has 0 saturated carbocycles. The van der Waals surface area contributed by atoms with Crippen molar-refractivity contribution in [2.75, 3.05) is 0 Å². The van der Waals surface area contributed by atoms with Crippen molar-refractivity contribution >= 4 is 11.6 Å². The van der Waals surface area contributed by atoms with E-state index < -0.39 is 23.9 Å². The van der Waals surface area contributed by atoms with Gasteiger partial charge in [0.1, 0.15) is 0 Å². The minimum atomic E-state index is -4.18. The highest BCUT2D eigenvalue weighted by Gasteiger charge is 2.38. The Kier molecular flexibility index (Phi) is 4.13. The zero-order chi connectivity index (χ0) is 13.3. The summed E-state index contributed by atoms with van der Waals surface area (Å²) < 4.78 is 37.8. The fourth-order valence-electron chi connectivity index (χ4n) is 1.87. The maximum absolute atomic E-state index is 12.6. The largest absolute Gasteiger partial charge is 0.389 e. The molecule has 1 aromatic carbocycles. The molecule has 0 saturated heterocycles. The second-order valence-electron chi connectivity index (χ2n) is 5.26. The predicted molar refractivity (Wildman–Crippen MR) is 64.3 cm³/mol. The Bertz CT molecular complexity index is 377. The molecule has 1 rings (SSSR count). The summed E-state index contributed by atoms with van der Waals surface area (Å²) in [6.07, 6.45) is -5.03. The van der Waals surface area contributed by atoms with E-state index in [0.717, 1.165) is 0 Å². The molecule has 0 aliphatic carbocycles. The second kappa shape index (κ2) is 4.89. The van der Waals surface area contributed by atoms with Gasteiger partial charge in [0.05, 0.1) is 6.42 Å². The summed E-state index contributed by atoms with van der Waals surface area (Å²) >= 11 is 5.99. The molecular weight excluding hydrogens is 249 g/mol. The van der Waals surface area contributed by atoms with E-state index in [1.54, 1.807) is 45.0 Å². The van der Waals surface area contributed by atoms with Crippen LogP contribution in [0, 0.1) is 5.41 Å². The minimum Gasteiger partial charge on any atom is -0.171 e. The average molecular weight is 265 g/mol. The summed E-state index contributed by atoms with van der Waals surface area (Å²) in [5, 5.41) is 0.400. The monoisotopic (exact) mass is 264 g/mol. The zero-order valence-corrected chi connectivity index (χ0v) is 10.9. The molecular formula is C13H16ClF3. The van der Waals surface area contributed by atoms with Gasteiger partial charge in [0.15, 0.2) is 0 Å². The molecule has 17 heavy (non-hydrogen) atoms. The van der Waals surface area contributed by atoms with Crippen LogP contribution >= 0.6 is 11.6 Å². The number of benzene rings is 1. The molecule has 0 N–H and O–H groups in total. The zero-order valence-electron chi connectivity index (χ0n) is 10.1. The van der Waals surface area contributed by atoms with E-state index in [9.17, 15) is 13.2 Å². The van der Waals surface area contributed by atoms with Gasteiger partial charge in [0.25, 0.3) is 0 Å². The van der Waals surface area contributed by atoms with Gasteiger partial charge in [-0.2, -0.15) is 13.2 Å². The van der Waals surface area contributed by atoms with Gasteiger partial charge < -0.3 is 0 Å². The number of hydrogen-bond acceptors (Lipinski definition) is 0. The molecule has 4 heteroatoms. The van der Waals surface area contributed by atoms with Crippen molar-refractivity contribution in [3.05, 3.63) is 34.9 Å². The Hall–Kier alpha value is -0.700. The Labute approximate surface area is 105 Å². The van der Waals surface area contributed by atoms with Crippen LogP contribution in [0.3, 0.4) is 0 Å². The van der Waals surface area contributed by atoms with Crippen LogP contribution in [0.5, 0.6) is 0 Å². The quantitative estimate of drug-likeness (QED) is 0.669. The summed E-state index contributed by atoms with van der Waals surface area (Å²) in [5.41, 5.74) is 0.0829. The van der Waals surface area contributed by atoms with Crippen LogP contribution in [0.15, 0.2) is 24.3 Å². The smallest absolute Gasteiger partial charge is 0.171 e. The lowest BCUT2D eigenvalue weighted by Crippen LogP contribution is -2.25. The topological polar surface area (TPSA) is 0 Å². The molecule has 0 spiro atoms. The Balaban J connectivity index is 3.13. The number of rotatable bonds is 2. The molecule has 0 amide bonds. The van der Waals surface area contributed by atoms with E-state index in [0.29, 0.717) is 10.6 Å². The molecule has 0 bridgehead atoms. The summed E-state index contributed by atoms with van der Waals surface area (Å²) in [4.78, 5) is 0. The first-order valence-electron chi connectivity index (χ1n) is 5.42. The Morgan fingerprint density at radius 1 is 1.12 bits per heavy atom. The van der Waals surface area contributed by atoms with Crippen LogP contribution in [0.2, 0.25) is 5.02 Å². The fraction of sp³-hybridized carbons (Fsp3) is 0.538. The first kappa shape index (κ1) is 14.4. The molecule has 96 valence electrons. The van der Waals surface area contributed by atoms with E-state index in [1.807, 2.05) is 0 Å². The minimum absolute atomic E-state index is 0.400. The van der Waals surface area contributed by atoms with Crippen LogP contribution in [0.25, 0.3) is 0 Å². The highest BCUT2D eigenvalue weighted by molar-refractivity contribution is 6.31. The van der Waals surface area contributed by atoms with E-state index in [-0.39, 0.29) is 0 Å². The fourth-order valence-corrected chi connectivity index (χ4v) is 2.14. The summed E-state index contributed by atoms with van der Waals surface area (Å²) in [5.74, 6) is -0.629. The van der Waals surface area contributed by atoms with E-state index in [4.69, 9.17) is 11.6 Å². The summed E-state index contributed by atoms with van der Waals surface area (Å²) in [6, 6.07) is 6.74. The van der Waals surface area contributed by atoms with Crippen LogP contribution < -0.4 is 0 Å². The molecule has 0 nitrogen and oxygen atoms in total. The highest BCUT2D eigenvalue weighted by Crippen LogP contribution is 2.44. The SMILES string of the molecule is CC(C)(C)C(CC(F)(F)F)c1ccccc1Cl. The van der Waals surface area contributed by atoms with Crippen molar-refractivity contribution in [3.63, 3.8) is 0 Å². The van der Waals surface area contributed by atoms with E-state index in [2.05, 4.69) is 0 Å². The van der Waals surface area contributed by atoms with Gasteiger partial charge in [-0.25, -0.2) is 0 Å². The summed E-state index contributed by atoms with van der Waals surface area (Å²) in [7, 11) is 0. The highest BCUT2D eigenvalue weighted by atomic mass is 35.5. The lowest BCUT2D eigenvalue weighted by atomic mass is 9.74. The van der Waals surface area contributed by atoms with Gasteiger partial charge in [-0.3, -0.25) is 0 Å². The second-order valence-corrected chi connectivity index (χ2v) is 5.67. The van der Waals surface area contributed by atoms with Crippen LogP contribution in [0.4, 0.5) is 13.2 Å². The van der Waals surface area contributed by atoms with Crippen LogP contribution in [-0.2, 0) is 0 Å². The third kappa shape index (κ3) is 4.23. The van der Waals surface area contributed by atoms with Crippen molar-refractivity contribution in [1.82, 2.24) is 0 Å². The standard InChI is InChI=1S/C13H16ClF3/c1-12(2,3)10(8-13(15,16)17)9-6-4-5-7-11(9)14/h4-7,10H,8H2,1-3H3. The first-order chi connectivity index (χ1) is 7.61. The number of halogens is 4. The molecule has 1 unspecified atom stereocenters. The third-order valence-electron chi connectivity index (χ3n) is 2.76. The molecule has 0 aromatic heterocycles. The van der Waals surface area contributed by atoms with Crippen LogP contribution in [-0.4, -0.2) is 6.18 Å². The van der Waals surface area contributed by atoms with Crippen LogP contribution in [0.1, 0.15) is 38.7 Å². The van der Waals surface area contributed by atoms with Crippen molar-refractivity contribution in [2.45, 2.75) is 39.3 Å². The van der Waals surface area contributed by atoms with Gasteiger partial charge in [-0.15, -0.1) is 0 Å². The first-order valence-corrected chi connectivity index (χ1v) is 5.80. The van der Waals surface area contributed by atoms with Crippen molar-refractivity contribution in [2.24, 2.45) is 5.41 Å². The Morgan fingerprint density at radius 2 is 1.65 bits per heavy atom. The van der Waals surface area contributed by atoms with Gasteiger partial charge in [-0.05, 0) is 23.0 Å². The molecule has 0 radical (unpaired) electrons. The van der Waals surface area contributed by atoms with Gasteiger partial charge in [0.2, 0.25) is 0 Å². The van der Waals surface area contributed by atoms with Crippen molar-refractivity contribution < 1.29 is 13.2 Å². The van der Waals surface area contributed by atoms with Crippen molar-refractivity contribution in [1.29, 1.82) is 0 Å².